The first kappa shape index (κ1) is 24.3. The average molecular weight is 532 g/mol. The van der Waals surface area contributed by atoms with Gasteiger partial charge in [0.15, 0.2) is 16.1 Å². The number of anilines is 1. The lowest BCUT2D eigenvalue weighted by Crippen LogP contribution is -2.15. The number of nitrogens with zero attached hydrogens (tertiary/aromatic N) is 4. The Bertz CT molecular complexity index is 1270. The molecule has 2 aromatic carbocycles. The van der Waals surface area contributed by atoms with E-state index in [1.807, 2.05) is 22.1 Å². The topological polar surface area (TPSA) is 81.9 Å². The summed E-state index contributed by atoms with van der Waals surface area (Å²) in [4.78, 5) is 17.0. The number of carbonyl (C=O) groups is 1. The number of thioether (sulfide) groups is 1. The molecular weight excluding hydrogens is 513 g/mol. The van der Waals surface area contributed by atoms with Crippen molar-refractivity contribution < 1.29 is 9.53 Å². The zero-order valence-corrected chi connectivity index (χ0v) is 20.9. The molecular formula is C23H19Cl2N5O2S2. The lowest BCUT2D eigenvalue weighted by Gasteiger charge is -2.09. The number of allylic oxidation sites excluding steroid dienone is 1. The van der Waals surface area contributed by atoms with Crippen molar-refractivity contribution in [3.63, 3.8) is 0 Å². The summed E-state index contributed by atoms with van der Waals surface area (Å²) in [5, 5.41) is 15.6. The highest BCUT2D eigenvalue weighted by molar-refractivity contribution is 7.99. The van der Waals surface area contributed by atoms with E-state index in [9.17, 15) is 4.79 Å². The molecule has 0 unspecified atom stereocenters. The first-order valence-corrected chi connectivity index (χ1v) is 12.7. The van der Waals surface area contributed by atoms with Gasteiger partial charge in [0.05, 0.1) is 11.4 Å². The molecule has 0 aliphatic rings. The fourth-order valence-corrected chi connectivity index (χ4v) is 4.65. The van der Waals surface area contributed by atoms with Gasteiger partial charge >= 0.3 is 0 Å². The number of aromatic nitrogens is 4. The maximum absolute atomic E-state index is 12.5. The Morgan fingerprint density at radius 2 is 1.82 bits per heavy atom. The summed E-state index contributed by atoms with van der Waals surface area (Å²) in [7, 11) is 0. The number of benzene rings is 2. The fraction of sp³-hybridized carbons (Fsp3) is 0.130. The average Bonchev–Trinajstić information content (AvgIpc) is 3.45. The monoisotopic (exact) mass is 531 g/mol. The molecule has 0 saturated heterocycles. The van der Waals surface area contributed by atoms with Crippen LogP contribution in [0.5, 0.6) is 5.75 Å². The summed E-state index contributed by atoms with van der Waals surface area (Å²) in [6.07, 6.45) is 1.74. The first-order chi connectivity index (χ1) is 16.5. The largest absolute Gasteiger partial charge is 0.486 e. The molecule has 4 aromatic rings. The Morgan fingerprint density at radius 3 is 2.53 bits per heavy atom. The van der Waals surface area contributed by atoms with Crippen molar-refractivity contribution in [3.05, 3.63) is 82.4 Å². The first-order valence-electron chi connectivity index (χ1n) is 10.1. The van der Waals surface area contributed by atoms with Gasteiger partial charge in [0, 0.05) is 27.5 Å². The van der Waals surface area contributed by atoms with Crippen LogP contribution in [-0.2, 0) is 17.9 Å². The van der Waals surface area contributed by atoms with Gasteiger partial charge in [0.2, 0.25) is 5.91 Å². The van der Waals surface area contributed by atoms with Crippen LogP contribution in [0.15, 0.2) is 71.7 Å². The smallest absolute Gasteiger partial charge is 0.236 e. The number of nitrogens with one attached hydrogen (secondary N) is 1. The van der Waals surface area contributed by atoms with E-state index in [0.717, 1.165) is 11.3 Å². The summed E-state index contributed by atoms with van der Waals surface area (Å²) < 4.78 is 7.64. The Labute approximate surface area is 214 Å². The van der Waals surface area contributed by atoms with Crippen LogP contribution in [0.1, 0.15) is 5.82 Å². The fourth-order valence-electron chi connectivity index (χ4n) is 2.89. The SMILES string of the molecule is C=CCn1c(COc2ccc(Cl)cc2)nnc1SCC(=O)Nc1nc(-c2ccc(Cl)cc2)cs1. The van der Waals surface area contributed by atoms with Crippen molar-refractivity contribution >= 4 is 57.3 Å². The molecule has 2 heterocycles. The molecule has 0 spiro atoms. The van der Waals surface area contributed by atoms with Gasteiger partial charge in [-0.25, -0.2) is 4.98 Å². The van der Waals surface area contributed by atoms with E-state index in [2.05, 4.69) is 27.1 Å². The molecule has 2 aromatic heterocycles. The Morgan fingerprint density at radius 1 is 1.12 bits per heavy atom. The van der Waals surface area contributed by atoms with E-state index in [4.69, 9.17) is 27.9 Å². The van der Waals surface area contributed by atoms with Gasteiger partial charge in [0.1, 0.15) is 12.4 Å². The number of carbonyl (C=O) groups excluding carboxylic acids is 1. The van der Waals surface area contributed by atoms with Gasteiger partial charge in [-0.15, -0.1) is 28.1 Å². The molecule has 0 aliphatic carbocycles. The van der Waals surface area contributed by atoms with Gasteiger partial charge in [-0.3, -0.25) is 9.36 Å². The van der Waals surface area contributed by atoms with Crippen LogP contribution < -0.4 is 10.1 Å². The molecule has 0 aliphatic heterocycles. The third-order valence-corrected chi connectivity index (χ3v) is 6.74. The van der Waals surface area contributed by atoms with Gasteiger partial charge in [-0.05, 0) is 36.4 Å². The van der Waals surface area contributed by atoms with Gasteiger partial charge in [-0.2, -0.15) is 0 Å². The minimum atomic E-state index is -0.186. The number of rotatable bonds is 10. The Kier molecular flexibility index (Phi) is 8.23. The second kappa shape index (κ2) is 11.5. The van der Waals surface area contributed by atoms with Crippen molar-refractivity contribution in [1.29, 1.82) is 0 Å². The zero-order valence-electron chi connectivity index (χ0n) is 17.8. The maximum Gasteiger partial charge on any atom is 0.236 e. The minimum absolute atomic E-state index is 0.156. The lowest BCUT2D eigenvalue weighted by atomic mass is 10.2. The number of thiazole rings is 1. The van der Waals surface area contributed by atoms with Crippen LogP contribution in [0.4, 0.5) is 5.13 Å². The van der Waals surface area contributed by atoms with Crippen molar-refractivity contribution in [1.82, 2.24) is 19.7 Å². The van der Waals surface area contributed by atoms with Crippen molar-refractivity contribution in [2.24, 2.45) is 0 Å². The summed E-state index contributed by atoms with van der Waals surface area (Å²) in [6.45, 7) is 4.51. The van der Waals surface area contributed by atoms with Crippen LogP contribution in [-0.4, -0.2) is 31.4 Å². The predicted molar refractivity (Wildman–Crippen MR) is 138 cm³/mol. The number of ether oxygens (including phenoxy) is 1. The summed E-state index contributed by atoms with van der Waals surface area (Å²) in [6, 6.07) is 14.5. The second-order valence-electron chi connectivity index (χ2n) is 6.92. The van der Waals surface area contributed by atoms with E-state index < -0.39 is 0 Å². The highest BCUT2D eigenvalue weighted by Gasteiger charge is 2.15. The molecule has 0 radical (unpaired) electrons. The Hall–Kier alpha value is -2.85. The summed E-state index contributed by atoms with van der Waals surface area (Å²) in [5.74, 6) is 1.27. The van der Waals surface area contributed by atoms with Crippen LogP contribution in [0.25, 0.3) is 11.3 Å². The maximum atomic E-state index is 12.5. The third-order valence-electron chi connectivity index (χ3n) is 4.51. The molecule has 11 heteroatoms. The molecule has 7 nitrogen and oxygen atoms in total. The molecule has 4 rings (SSSR count). The number of hydrogen-bond acceptors (Lipinski definition) is 7. The van der Waals surface area contributed by atoms with Crippen molar-refractivity contribution in [2.45, 2.75) is 18.3 Å². The van der Waals surface area contributed by atoms with Gasteiger partial charge < -0.3 is 10.1 Å². The highest BCUT2D eigenvalue weighted by atomic mass is 35.5. The predicted octanol–water partition coefficient (Wildman–Crippen LogP) is 6.20. The highest BCUT2D eigenvalue weighted by Crippen LogP contribution is 2.26. The zero-order chi connectivity index (χ0) is 23.9. The molecule has 174 valence electrons. The molecule has 0 atom stereocenters. The van der Waals surface area contributed by atoms with Gasteiger partial charge in [0.25, 0.3) is 0 Å². The molecule has 0 bridgehead atoms. The van der Waals surface area contributed by atoms with E-state index in [-0.39, 0.29) is 18.3 Å². The standard InChI is InChI=1S/C23H19Cl2N5O2S2/c1-2-11-30-20(12-32-18-9-7-17(25)8-10-18)28-29-23(30)34-14-21(31)27-22-26-19(13-33-22)15-3-5-16(24)6-4-15/h2-10,13H,1,11-12,14H2,(H,26,27,31). The second-order valence-corrected chi connectivity index (χ2v) is 9.60. The summed E-state index contributed by atoms with van der Waals surface area (Å²) in [5.41, 5.74) is 1.71. The van der Waals surface area contributed by atoms with Crippen molar-refractivity contribution in [2.75, 3.05) is 11.1 Å². The van der Waals surface area contributed by atoms with E-state index in [1.165, 1.54) is 23.1 Å². The van der Waals surface area contributed by atoms with Crippen LogP contribution in [0, 0.1) is 0 Å². The molecule has 0 fully saturated rings. The van der Waals surface area contributed by atoms with Crippen LogP contribution in [0.3, 0.4) is 0 Å². The quantitative estimate of drug-likeness (QED) is 0.193. The number of hydrogen-bond donors (Lipinski definition) is 1. The van der Waals surface area contributed by atoms with Crippen LogP contribution >= 0.6 is 46.3 Å². The van der Waals surface area contributed by atoms with E-state index in [1.54, 1.807) is 42.5 Å². The van der Waals surface area contributed by atoms with Crippen LogP contribution in [0.2, 0.25) is 10.0 Å². The molecule has 0 saturated carbocycles. The van der Waals surface area contributed by atoms with Gasteiger partial charge in [-0.1, -0.05) is 53.2 Å². The Balaban J connectivity index is 1.34. The third kappa shape index (κ3) is 6.38. The molecule has 1 amide bonds. The minimum Gasteiger partial charge on any atom is -0.486 e. The van der Waals surface area contributed by atoms with Crippen molar-refractivity contribution in [3.8, 4) is 17.0 Å². The summed E-state index contributed by atoms with van der Waals surface area (Å²) >= 11 is 14.5. The number of amides is 1. The van der Waals surface area contributed by atoms with E-state index >= 15 is 0 Å². The molecule has 34 heavy (non-hydrogen) atoms. The number of halogens is 2. The lowest BCUT2D eigenvalue weighted by molar-refractivity contribution is -0.113. The normalized spacial score (nSPS) is 10.8. The van der Waals surface area contributed by atoms with E-state index in [0.29, 0.717) is 38.5 Å². The molecule has 1 N–H and O–H groups in total.